The van der Waals surface area contributed by atoms with Gasteiger partial charge in [0.2, 0.25) is 0 Å². The first-order chi connectivity index (χ1) is 6.79. The van der Waals surface area contributed by atoms with Crippen molar-refractivity contribution in [2.75, 3.05) is 5.73 Å². The average Bonchev–Trinajstić information content (AvgIpc) is 2.06. The third-order valence-electron chi connectivity index (χ3n) is 1.51. The van der Waals surface area contributed by atoms with Crippen LogP contribution in [0.2, 0.25) is 5.02 Å². The number of nitrogens with two attached hydrogens (primary N) is 1. The first-order valence-corrected chi connectivity index (χ1v) is 4.11. The van der Waals surface area contributed by atoms with E-state index in [1.54, 1.807) is 0 Å². The van der Waals surface area contributed by atoms with Gasteiger partial charge in [0.1, 0.15) is 0 Å². The Bertz CT molecular complexity index is 392. The standard InChI is InChI=1S/C8H6ClF3N2O/c9-5-2-1-4(3-6(5)13)7(15)14-8(10,11)12/h1-3H,13H2,(H,14,15). The zero-order chi connectivity index (χ0) is 11.6. The fraction of sp³-hybridized carbons (Fsp3) is 0.125. The number of carbonyl (C=O) groups is 1. The Labute approximate surface area is 88.0 Å². The highest BCUT2D eigenvalue weighted by molar-refractivity contribution is 6.33. The summed E-state index contributed by atoms with van der Waals surface area (Å²) >= 11 is 5.54. The van der Waals surface area contributed by atoms with Crippen molar-refractivity contribution in [2.24, 2.45) is 0 Å². The number of nitrogens with one attached hydrogen (secondary N) is 1. The fourth-order valence-corrected chi connectivity index (χ4v) is 1.00. The van der Waals surface area contributed by atoms with Crippen LogP contribution >= 0.6 is 11.6 Å². The molecule has 1 rings (SSSR count). The summed E-state index contributed by atoms with van der Waals surface area (Å²) in [4.78, 5) is 11.0. The summed E-state index contributed by atoms with van der Waals surface area (Å²) < 4.78 is 35.3. The Morgan fingerprint density at radius 2 is 2.00 bits per heavy atom. The van der Waals surface area contributed by atoms with E-state index in [1.165, 1.54) is 6.07 Å². The van der Waals surface area contributed by atoms with Crippen molar-refractivity contribution in [2.45, 2.75) is 6.30 Å². The lowest BCUT2D eigenvalue weighted by Gasteiger charge is -2.08. The molecule has 0 aliphatic heterocycles. The number of carbonyl (C=O) groups excluding carboxylic acids is 1. The Morgan fingerprint density at radius 3 is 2.47 bits per heavy atom. The smallest absolute Gasteiger partial charge is 0.398 e. The van der Waals surface area contributed by atoms with Crippen molar-refractivity contribution in [1.29, 1.82) is 0 Å². The van der Waals surface area contributed by atoms with E-state index in [1.807, 2.05) is 0 Å². The Balaban J connectivity index is 2.88. The molecule has 0 saturated heterocycles. The van der Waals surface area contributed by atoms with Gasteiger partial charge in [0.25, 0.3) is 5.91 Å². The average molecular weight is 239 g/mol. The second kappa shape index (κ2) is 3.98. The van der Waals surface area contributed by atoms with Crippen LogP contribution in [0.25, 0.3) is 0 Å². The van der Waals surface area contributed by atoms with Crippen molar-refractivity contribution in [3.8, 4) is 0 Å². The molecule has 0 spiro atoms. The minimum Gasteiger partial charge on any atom is -0.398 e. The summed E-state index contributed by atoms with van der Waals surface area (Å²) in [6.45, 7) is 0. The molecular formula is C8H6ClF3N2O. The predicted molar refractivity (Wildman–Crippen MR) is 49.4 cm³/mol. The molecule has 0 fully saturated rings. The van der Waals surface area contributed by atoms with Gasteiger partial charge in [0.05, 0.1) is 10.7 Å². The molecule has 1 aromatic rings. The van der Waals surface area contributed by atoms with E-state index >= 15 is 0 Å². The number of rotatable bonds is 1. The molecule has 0 saturated carbocycles. The van der Waals surface area contributed by atoms with Crippen molar-refractivity contribution in [3.63, 3.8) is 0 Å². The number of anilines is 1. The van der Waals surface area contributed by atoms with Gasteiger partial charge in [0, 0.05) is 5.56 Å². The molecule has 0 atom stereocenters. The maximum absolute atomic E-state index is 11.8. The highest BCUT2D eigenvalue weighted by Crippen LogP contribution is 2.20. The van der Waals surface area contributed by atoms with Gasteiger partial charge >= 0.3 is 6.30 Å². The molecule has 82 valence electrons. The van der Waals surface area contributed by atoms with E-state index in [-0.39, 0.29) is 16.3 Å². The Morgan fingerprint density at radius 1 is 1.40 bits per heavy atom. The van der Waals surface area contributed by atoms with Crippen LogP contribution in [-0.2, 0) is 0 Å². The Hall–Kier alpha value is -1.43. The van der Waals surface area contributed by atoms with Gasteiger partial charge in [-0.05, 0) is 18.2 Å². The van der Waals surface area contributed by atoms with Crippen molar-refractivity contribution in [3.05, 3.63) is 28.8 Å². The molecule has 0 unspecified atom stereocenters. The van der Waals surface area contributed by atoms with Crippen LogP contribution in [-0.4, -0.2) is 12.2 Å². The quantitative estimate of drug-likeness (QED) is 0.582. The minimum absolute atomic E-state index is 0.0477. The molecule has 1 amide bonds. The van der Waals surface area contributed by atoms with Crippen LogP contribution in [0.15, 0.2) is 18.2 Å². The first kappa shape index (κ1) is 11.6. The fourth-order valence-electron chi connectivity index (χ4n) is 0.886. The third kappa shape index (κ3) is 3.32. The van der Waals surface area contributed by atoms with E-state index in [9.17, 15) is 18.0 Å². The molecule has 0 aliphatic rings. The molecule has 1 aromatic carbocycles. The number of hydrogen-bond acceptors (Lipinski definition) is 2. The van der Waals surface area contributed by atoms with Crippen LogP contribution in [0.3, 0.4) is 0 Å². The Kier molecular flexibility index (Phi) is 3.09. The number of benzene rings is 1. The zero-order valence-electron chi connectivity index (χ0n) is 7.23. The molecule has 0 radical (unpaired) electrons. The van der Waals surface area contributed by atoms with Crippen LogP contribution in [0.5, 0.6) is 0 Å². The largest absolute Gasteiger partial charge is 0.484 e. The summed E-state index contributed by atoms with van der Waals surface area (Å²) in [5, 5.41) is 1.02. The lowest BCUT2D eigenvalue weighted by Crippen LogP contribution is -2.37. The monoisotopic (exact) mass is 238 g/mol. The highest BCUT2D eigenvalue weighted by atomic mass is 35.5. The van der Waals surface area contributed by atoms with Gasteiger partial charge in [-0.2, -0.15) is 13.2 Å². The van der Waals surface area contributed by atoms with Crippen molar-refractivity contribution >= 4 is 23.2 Å². The number of nitrogen functional groups attached to an aromatic ring is 1. The van der Waals surface area contributed by atoms with Gasteiger partial charge in [0.15, 0.2) is 0 Å². The van der Waals surface area contributed by atoms with Crippen LogP contribution in [0, 0.1) is 0 Å². The van der Waals surface area contributed by atoms with Gasteiger partial charge in [-0.25, -0.2) is 0 Å². The molecule has 0 bridgehead atoms. The predicted octanol–water partition coefficient (Wildman–Crippen LogP) is 2.17. The molecular weight excluding hydrogens is 233 g/mol. The zero-order valence-corrected chi connectivity index (χ0v) is 7.99. The van der Waals surface area contributed by atoms with Gasteiger partial charge in [-0.15, -0.1) is 0 Å². The van der Waals surface area contributed by atoms with Gasteiger partial charge in [-0.3, -0.25) is 10.1 Å². The van der Waals surface area contributed by atoms with Crippen molar-refractivity contribution in [1.82, 2.24) is 5.32 Å². The lowest BCUT2D eigenvalue weighted by molar-refractivity contribution is -0.146. The molecule has 0 aromatic heterocycles. The van der Waals surface area contributed by atoms with Crippen molar-refractivity contribution < 1.29 is 18.0 Å². The van der Waals surface area contributed by atoms with Gasteiger partial charge < -0.3 is 5.73 Å². The van der Waals surface area contributed by atoms with Crippen LogP contribution in [0.4, 0.5) is 18.9 Å². The molecule has 0 heterocycles. The summed E-state index contributed by atoms with van der Waals surface area (Å²) in [5.41, 5.74) is 5.18. The van der Waals surface area contributed by atoms with E-state index < -0.39 is 12.2 Å². The summed E-state index contributed by atoms with van der Waals surface area (Å²) in [5.74, 6) is -1.27. The molecule has 3 N–H and O–H groups in total. The number of alkyl halides is 3. The second-order valence-electron chi connectivity index (χ2n) is 2.69. The minimum atomic E-state index is -4.76. The summed E-state index contributed by atoms with van der Waals surface area (Å²) in [7, 11) is 0. The first-order valence-electron chi connectivity index (χ1n) is 3.74. The maximum atomic E-state index is 11.8. The van der Waals surface area contributed by atoms with Crippen LogP contribution in [0.1, 0.15) is 10.4 Å². The van der Waals surface area contributed by atoms with E-state index in [2.05, 4.69) is 0 Å². The number of amides is 1. The molecule has 0 aliphatic carbocycles. The topological polar surface area (TPSA) is 55.1 Å². The molecule has 15 heavy (non-hydrogen) atoms. The SMILES string of the molecule is Nc1cc(C(=O)NC(F)(F)F)ccc1Cl. The summed E-state index contributed by atoms with van der Waals surface area (Å²) in [6.07, 6.45) is -4.76. The molecule has 3 nitrogen and oxygen atoms in total. The van der Waals surface area contributed by atoms with E-state index in [0.717, 1.165) is 17.4 Å². The second-order valence-corrected chi connectivity index (χ2v) is 3.10. The maximum Gasteiger partial charge on any atom is 0.484 e. The number of hydrogen-bond donors (Lipinski definition) is 2. The summed E-state index contributed by atoms with van der Waals surface area (Å²) in [6, 6.07) is 3.48. The molecule has 7 heteroatoms. The van der Waals surface area contributed by atoms with Gasteiger partial charge in [-0.1, -0.05) is 11.6 Å². The van der Waals surface area contributed by atoms with Crippen LogP contribution < -0.4 is 11.1 Å². The normalized spacial score (nSPS) is 11.2. The lowest BCUT2D eigenvalue weighted by atomic mass is 10.2. The highest BCUT2D eigenvalue weighted by Gasteiger charge is 2.30. The van der Waals surface area contributed by atoms with E-state index in [4.69, 9.17) is 17.3 Å². The number of halogens is 4. The van der Waals surface area contributed by atoms with E-state index in [0.29, 0.717) is 0 Å². The third-order valence-corrected chi connectivity index (χ3v) is 1.86.